The molecule has 2 aliphatic heterocycles. The molecular formula is C12H20N2O6. The predicted molar refractivity (Wildman–Crippen MR) is 67.5 cm³/mol. The first-order valence-electron chi connectivity index (χ1n) is 6.70. The van der Waals surface area contributed by atoms with Crippen LogP contribution in [0.25, 0.3) is 0 Å². The zero-order valence-corrected chi connectivity index (χ0v) is 11.2. The number of carbonyl (C=O) groups is 2. The average Bonchev–Trinajstić information content (AvgIpc) is 2.45. The van der Waals surface area contributed by atoms with E-state index >= 15 is 0 Å². The van der Waals surface area contributed by atoms with E-state index in [1.54, 1.807) is 4.90 Å². The number of amides is 2. The van der Waals surface area contributed by atoms with Gasteiger partial charge in [0.2, 0.25) is 0 Å². The third-order valence-corrected chi connectivity index (χ3v) is 3.19. The van der Waals surface area contributed by atoms with Gasteiger partial charge >= 0.3 is 12.0 Å². The molecule has 2 aliphatic rings. The molecule has 2 atom stereocenters. The fourth-order valence-corrected chi connectivity index (χ4v) is 2.19. The van der Waals surface area contributed by atoms with E-state index in [0.29, 0.717) is 46.1 Å². The summed E-state index contributed by atoms with van der Waals surface area (Å²) in [6, 6.07) is -0.224. The highest BCUT2D eigenvalue weighted by atomic mass is 16.6. The lowest BCUT2D eigenvalue weighted by molar-refractivity contribution is -0.141. The summed E-state index contributed by atoms with van der Waals surface area (Å²) in [5, 5.41) is 11.5. The van der Waals surface area contributed by atoms with Gasteiger partial charge in [0, 0.05) is 19.6 Å². The van der Waals surface area contributed by atoms with Crippen LogP contribution in [0, 0.1) is 0 Å². The summed E-state index contributed by atoms with van der Waals surface area (Å²) >= 11 is 0. The summed E-state index contributed by atoms with van der Waals surface area (Å²) in [5.41, 5.74) is 0. The van der Waals surface area contributed by atoms with Crippen molar-refractivity contribution in [1.29, 1.82) is 0 Å². The summed E-state index contributed by atoms with van der Waals surface area (Å²) in [7, 11) is 0. The van der Waals surface area contributed by atoms with Crippen molar-refractivity contribution >= 4 is 12.0 Å². The minimum absolute atomic E-state index is 0.0939. The lowest BCUT2D eigenvalue weighted by Gasteiger charge is -2.33. The Balaban J connectivity index is 1.72. The number of hydrogen-bond donors (Lipinski definition) is 2. The van der Waals surface area contributed by atoms with Gasteiger partial charge in [-0.25, -0.2) is 4.79 Å². The van der Waals surface area contributed by atoms with Gasteiger partial charge in [-0.2, -0.15) is 0 Å². The summed E-state index contributed by atoms with van der Waals surface area (Å²) in [6.07, 6.45) is -0.659. The van der Waals surface area contributed by atoms with E-state index in [4.69, 9.17) is 19.3 Å². The molecule has 114 valence electrons. The van der Waals surface area contributed by atoms with Crippen LogP contribution in [0.2, 0.25) is 0 Å². The smallest absolute Gasteiger partial charge is 0.317 e. The molecule has 2 fully saturated rings. The lowest BCUT2D eigenvalue weighted by atomic mass is 10.2. The predicted octanol–water partition coefficient (Wildman–Crippen LogP) is -0.713. The van der Waals surface area contributed by atoms with Crippen molar-refractivity contribution in [3.05, 3.63) is 0 Å². The van der Waals surface area contributed by atoms with E-state index < -0.39 is 12.1 Å². The van der Waals surface area contributed by atoms with Crippen LogP contribution in [0.5, 0.6) is 0 Å². The van der Waals surface area contributed by atoms with Crippen molar-refractivity contribution in [2.75, 3.05) is 46.1 Å². The first-order valence-corrected chi connectivity index (χ1v) is 6.70. The van der Waals surface area contributed by atoms with Gasteiger partial charge in [0.25, 0.3) is 0 Å². The topological polar surface area (TPSA) is 97.3 Å². The normalized spacial score (nSPS) is 27.1. The van der Waals surface area contributed by atoms with Crippen LogP contribution in [-0.2, 0) is 19.0 Å². The van der Waals surface area contributed by atoms with Crippen LogP contribution in [0.1, 0.15) is 6.42 Å². The quantitative estimate of drug-likeness (QED) is 0.709. The Hall–Kier alpha value is -1.38. The Morgan fingerprint density at radius 1 is 1.20 bits per heavy atom. The molecule has 0 bridgehead atoms. The van der Waals surface area contributed by atoms with E-state index in [0.717, 1.165) is 0 Å². The highest BCUT2D eigenvalue weighted by molar-refractivity contribution is 5.74. The SMILES string of the molecule is O=C(O)CC1CN(C(=O)NCC2COCCO2)CCO1. The molecule has 2 unspecified atom stereocenters. The molecule has 2 rings (SSSR count). The van der Waals surface area contributed by atoms with Crippen LogP contribution < -0.4 is 5.32 Å². The zero-order chi connectivity index (χ0) is 14.4. The molecule has 0 aromatic carbocycles. The van der Waals surface area contributed by atoms with Gasteiger partial charge in [-0.3, -0.25) is 4.79 Å². The molecule has 0 radical (unpaired) electrons. The number of aliphatic carboxylic acids is 1. The fraction of sp³-hybridized carbons (Fsp3) is 0.833. The molecule has 0 spiro atoms. The van der Waals surface area contributed by atoms with E-state index in [-0.39, 0.29) is 18.6 Å². The largest absolute Gasteiger partial charge is 0.481 e. The minimum Gasteiger partial charge on any atom is -0.481 e. The molecule has 2 N–H and O–H groups in total. The van der Waals surface area contributed by atoms with E-state index in [2.05, 4.69) is 5.32 Å². The Kier molecular flexibility index (Phi) is 5.57. The van der Waals surface area contributed by atoms with Gasteiger partial charge in [-0.05, 0) is 0 Å². The van der Waals surface area contributed by atoms with E-state index in [1.165, 1.54) is 0 Å². The molecular weight excluding hydrogens is 268 g/mol. The van der Waals surface area contributed by atoms with Gasteiger partial charge in [0.05, 0.1) is 45.1 Å². The highest BCUT2D eigenvalue weighted by Gasteiger charge is 2.26. The lowest BCUT2D eigenvalue weighted by Crippen LogP contribution is -2.52. The van der Waals surface area contributed by atoms with Crippen molar-refractivity contribution in [3.63, 3.8) is 0 Å². The second kappa shape index (κ2) is 7.41. The van der Waals surface area contributed by atoms with Crippen LogP contribution in [-0.4, -0.2) is 80.3 Å². The number of rotatable bonds is 4. The van der Waals surface area contributed by atoms with Crippen LogP contribution in [0.3, 0.4) is 0 Å². The fourth-order valence-electron chi connectivity index (χ4n) is 2.19. The molecule has 8 nitrogen and oxygen atoms in total. The monoisotopic (exact) mass is 288 g/mol. The molecule has 2 saturated heterocycles. The summed E-state index contributed by atoms with van der Waals surface area (Å²) in [4.78, 5) is 24.2. The molecule has 2 amide bonds. The van der Waals surface area contributed by atoms with Crippen molar-refractivity contribution < 1.29 is 28.9 Å². The van der Waals surface area contributed by atoms with Crippen LogP contribution in [0.15, 0.2) is 0 Å². The average molecular weight is 288 g/mol. The minimum atomic E-state index is -0.926. The van der Waals surface area contributed by atoms with Gasteiger partial charge < -0.3 is 29.5 Å². The van der Waals surface area contributed by atoms with Gasteiger partial charge in [-0.1, -0.05) is 0 Å². The van der Waals surface area contributed by atoms with Crippen molar-refractivity contribution in [2.45, 2.75) is 18.6 Å². The third kappa shape index (κ3) is 4.62. The Labute approximate surface area is 117 Å². The molecule has 0 aliphatic carbocycles. The first-order chi connectivity index (χ1) is 9.65. The second-order valence-electron chi connectivity index (χ2n) is 4.79. The number of urea groups is 1. The van der Waals surface area contributed by atoms with Crippen molar-refractivity contribution in [3.8, 4) is 0 Å². The molecule has 0 saturated carbocycles. The Morgan fingerprint density at radius 3 is 2.70 bits per heavy atom. The molecule has 8 heteroatoms. The highest BCUT2D eigenvalue weighted by Crippen LogP contribution is 2.09. The maximum Gasteiger partial charge on any atom is 0.317 e. The summed E-state index contributed by atoms with van der Waals surface area (Å²) < 4.78 is 16.0. The van der Waals surface area contributed by atoms with Gasteiger partial charge in [0.15, 0.2) is 0 Å². The van der Waals surface area contributed by atoms with Crippen LogP contribution in [0.4, 0.5) is 4.79 Å². The molecule has 0 aromatic heterocycles. The summed E-state index contributed by atoms with van der Waals surface area (Å²) in [5.74, 6) is -0.926. The molecule has 0 aromatic rings. The maximum atomic E-state index is 12.0. The Morgan fingerprint density at radius 2 is 2.00 bits per heavy atom. The standard InChI is InChI=1S/C12H20N2O6/c15-11(16)5-9-7-14(1-2-19-9)12(17)13-6-10-8-18-3-4-20-10/h9-10H,1-8H2,(H,13,17)(H,15,16). The zero-order valence-electron chi connectivity index (χ0n) is 11.2. The van der Waals surface area contributed by atoms with Crippen LogP contribution >= 0.6 is 0 Å². The molecule has 2 heterocycles. The second-order valence-corrected chi connectivity index (χ2v) is 4.79. The first kappa shape index (κ1) is 15.0. The number of carboxylic acids is 1. The van der Waals surface area contributed by atoms with Gasteiger partial charge in [0.1, 0.15) is 0 Å². The maximum absolute atomic E-state index is 12.0. The number of ether oxygens (including phenoxy) is 3. The third-order valence-electron chi connectivity index (χ3n) is 3.19. The summed E-state index contributed by atoms with van der Waals surface area (Å²) in [6.45, 7) is 3.10. The number of nitrogens with one attached hydrogen (secondary N) is 1. The van der Waals surface area contributed by atoms with E-state index in [9.17, 15) is 9.59 Å². The van der Waals surface area contributed by atoms with Crippen molar-refractivity contribution in [2.24, 2.45) is 0 Å². The number of hydrogen-bond acceptors (Lipinski definition) is 5. The molecule has 20 heavy (non-hydrogen) atoms. The van der Waals surface area contributed by atoms with Crippen molar-refractivity contribution in [1.82, 2.24) is 10.2 Å². The number of nitrogens with zero attached hydrogens (tertiary/aromatic N) is 1. The van der Waals surface area contributed by atoms with E-state index in [1.807, 2.05) is 0 Å². The number of carbonyl (C=O) groups excluding carboxylic acids is 1. The Bertz CT molecular complexity index is 345. The number of morpholine rings is 1. The van der Waals surface area contributed by atoms with Gasteiger partial charge in [-0.15, -0.1) is 0 Å². The number of carboxylic acid groups (broad SMARTS) is 1.